The van der Waals surface area contributed by atoms with Gasteiger partial charge >= 0.3 is 0 Å². The van der Waals surface area contributed by atoms with Crippen LogP contribution in [-0.4, -0.2) is 6.04 Å². The molecular formula is C59H41NO. The van der Waals surface area contributed by atoms with Crippen LogP contribution >= 0.6 is 0 Å². The highest BCUT2D eigenvalue weighted by molar-refractivity contribution is 6.10. The summed E-state index contributed by atoms with van der Waals surface area (Å²) in [4.78, 5) is 2.49. The molecule has 2 heteroatoms. The molecule has 288 valence electrons. The van der Waals surface area contributed by atoms with Gasteiger partial charge in [0.2, 0.25) is 0 Å². The molecule has 0 fully saturated rings. The van der Waals surface area contributed by atoms with Crippen LogP contribution in [0.3, 0.4) is 0 Å². The van der Waals surface area contributed by atoms with E-state index in [-0.39, 0.29) is 6.04 Å². The van der Waals surface area contributed by atoms with Crippen molar-refractivity contribution in [2.75, 3.05) is 4.90 Å². The Labute approximate surface area is 356 Å². The number of benzene rings is 9. The second-order valence-electron chi connectivity index (χ2n) is 16.4. The Hall–Kier alpha value is -7.68. The minimum absolute atomic E-state index is 0.0892. The van der Waals surface area contributed by atoms with Crippen molar-refractivity contribution in [3.63, 3.8) is 0 Å². The van der Waals surface area contributed by atoms with Gasteiger partial charge in [0.15, 0.2) is 0 Å². The van der Waals surface area contributed by atoms with E-state index >= 15 is 0 Å². The van der Waals surface area contributed by atoms with Crippen LogP contribution in [0.1, 0.15) is 34.2 Å². The first-order valence-electron chi connectivity index (χ1n) is 21.3. The molecular weight excluding hydrogens is 739 g/mol. The fourth-order valence-electron chi connectivity index (χ4n) is 10.3. The van der Waals surface area contributed by atoms with Gasteiger partial charge < -0.3 is 9.32 Å². The Kier molecular flexibility index (Phi) is 8.24. The van der Waals surface area contributed by atoms with Gasteiger partial charge in [0.1, 0.15) is 11.2 Å². The molecule has 2 aliphatic rings. The van der Waals surface area contributed by atoms with Crippen molar-refractivity contribution in [1.29, 1.82) is 0 Å². The molecule has 1 heterocycles. The molecule has 61 heavy (non-hydrogen) atoms. The van der Waals surface area contributed by atoms with Gasteiger partial charge in [-0.05, 0) is 115 Å². The third-order valence-electron chi connectivity index (χ3n) is 13.0. The Bertz CT molecular complexity index is 3310. The zero-order chi connectivity index (χ0) is 40.3. The van der Waals surface area contributed by atoms with Gasteiger partial charge in [-0.2, -0.15) is 0 Å². The third kappa shape index (κ3) is 5.71. The van der Waals surface area contributed by atoms with E-state index in [9.17, 15) is 0 Å². The molecule has 0 aliphatic heterocycles. The fraction of sp³-hybridized carbons (Fsp3) is 0.0508. The smallest absolute Gasteiger partial charge is 0.137 e. The summed E-state index contributed by atoms with van der Waals surface area (Å²) in [6.45, 7) is 0. The van der Waals surface area contributed by atoms with E-state index in [0.29, 0.717) is 0 Å². The predicted octanol–water partition coefficient (Wildman–Crippen LogP) is 15.3. The Morgan fingerprint density at radius 1 is 0.443 bits per heavy atom. The molecule has 0 saturated carbocycles. The standard InChI is InChI=1S/C59H41NO/c1-3-15-40(16-4-1)41-29-31-48(32-30-41)60(50-33-34-53-54-37-44-17-7-8-18-45(44)38-57(54)61-58(53)39-50)49-24-14-20-43(36-49)42-19-13-23-47(35-42)59(46-21-5-2-6-22-46)55-27-11-9-25-51(55)52-26-10-12-28-56(52)59/h1-31,33-39,48H,32H2. The summed E-state index contributed by atoms with van der Waals surface area (Å²) in [7, 11) is 0. The highest BCUT2D eigenvalue weighted by Crippen LogP contribution is 2.56. The average molecular weight is 780 g/mol. The molecule has 0 amide bonds. The van der Waals surface area contributed by atoms with Crippen LogP contribution in [0.2, 0.25) is 0 Å². The Morgan fingerprint density at radius 2 is 1.03 bits per heavy atom. The summed E-state index contributed by atoms with van der Waals surface area (Å²) in [5.74, 6) is 0. The fourth-order valence-corrected chi connectivity index (χ4v) is 10.3. The van der Waals surface area contributed by atoms with Crippen LogP contribution in [0.5, 0.6) is 0 Å². The van der Waals surface area contributed by atoms with Crippen LogP contribution in [0, 0.1) is 0 Å². The minimum atomic E-state index is -0.461. The molecule has 1 atom stereocenters. The molecule has 0 N–H and O–H groups in total. The van der Waals surface area contributed by atoms with E-state index in [1.165, 1.54) is 66.4 Å². The number of hydrogen-bond donors (Lipinski definition) is 0. The van der Waals surface area contributed by atoms with E-state index in [1.54, 1.807) is 0 Å². The van der Waals surface area contributed by atoms with Gasteiger partial charge in [0.25, 0.3) is 0 Å². The zero-order valence-corrected chi connectivity index (χ0v) is 33.6. The van der Waals surface area contributed by atoms with E-state index in [4.69, 9.17) is 4.42 Å². The monoisotopic (exact) mass is 779 g/mol. The number of anilines is 2. The second-order valence-corrected chi connectivity index (χ2v) is 16.4. The highest BCUT2D eigenvalue weighted by atomic mass is 16.3. The molecule has 1 unspecified atom stereocenters. The van der Waals surface area contributed by atoms with Crippen molar-refractivity contribution < 1.29 is 4.42 Å². The van der Waals surface area contributed by atoms with Gasteiger partial charge in [0, 0.05) is 28.2 Å². The van der Waals surface area contributed by atoms with E-state index in [2.05, 4.69) is 235 Å². The van der Waals surface area contributed by atoms with E-state index < -0.39 is 5.41 Å². The summed E-state index contributed by atoms with van der Waals surface area (Å²) in [6, 6.07) is 77.7. The number of hydrogen-bond acceptors (Lipinski definition) is 2. The first-order valence-corrected chi connectivity index (χ1v) is 21.3. The second kappa shape index (κ2) is 14.3. The topological polar surface area (TPSA) is 16.4 Å². The van der Waals surface area contributed by atoms with Crippen molar-refractivity contribution in [3.05, 3.63) is 258 Å². The van der Waals surface area contributed by atoms with E-state index in [1.807, 2.05) is 0 Å². The van der Waals surface area contributed by atoms with E-state index in [0.717, 1.165) is 39.7 Å². The summed E-state index contributed by atoms with van der Waals surface area (Å²) < 4.78 is 6.64. The lowest BCUT2D eigenvalue weighted by Gasteiger charge is -2.34. The van der Waals surface area contributed by atoms with Gasteiger partial charge in [-0.3, -0.25) is 0 Å². The highest BCUT2D eigenvalue weighted by Gasteiger charge is 2.45. The van der Waals surface area contributed by atoms with Gasteiger partial charge in [-0.15, -0.1) is 0 Å². The largest absolute Gasteiger partial charge is 0.456 e. The molecule has 0 bridgehead atoms. The maximum Gasteiger partial charge on any atom is 0.137 e. The summed E-state index contributed by atoms with van der Waals surface area (Å²) in [6.07, 6.45) is 7.90. The minimum Gasteiger partial charge on any atom is -0.456 e. The number of allylic oxidation sites excluding steroid dienone is 2. The number of fused-ring (bicyclic) bond motifs is 7. The van der Waals surface area contributed by atoms with Crippen LogP contribution in [0.4, 0.5) is 11.4 Å². The number of furan rings is 1. The van der Waals surface area contributed by atoms with Gasteiger partial charge in [-0.25, -0.2) is 0 Å². The van der Waals surface area contributed by atoms with Crippen LogP contribution in [-0.2, 0) is 5.41 Å². The molecule has 10 aromatic rings. The third-order valence-corrected chi connectivity index (χ3v) is 13.0. The molecule has 2 aliphatic carbocycles. The van der Waals surface area contributed by atoms with Crippen LogP contribution in [0.15, 0.2) is 235 Å². The predicted molar refractivity (Wildman–Crippen MR) is 255 cm³/mol. The summed E-state index contributed by atoms with van der Waals surface area (Å²) >= 11 is 0. The Morgan fingerprint density at radius 3 is 1.77 bits per heavy atom. The summed E-state index contributed by atoms with van der Waals surface area (Å²) in [5, 5.41) is 4.67. The molecule has 2 nitrogen and oxygen atoms in total. The first-order chi connectivity index (χ1) is 30.2. The summed E-state index contributed by atoms with van der Waals surface area (Å²) in [5.41, 5.74) is 16.2. The Balaban J connectivity index is 0.992. The van der Waals surface area contributed by atoms with Crippen molar-refractivity contribution in [2.24, 2.45) is 0 Å². The molecule has 0 spiro atoms. The number of nitrogens with zero attached hydrogens (tertiary/aromatic N) is 1. The number of rotatable bonds is 7. The maximum absolute atomic E-state index is 6.64. The molecule has 9 aromatic carbocycles. The SMILES string of the molecule is C1=CC(N(c2cccc(-c3cccc(C4(c5ccccc5)c5ccccc5-c5ccccc54)c3)c2)c2ccc3c(c2)oc2cc4ccccc4cc23)CC=C1c1ccccc1. The normalized spacial score (nSPS) is 15.1. The first kappa shape index (κ1) is 35.3. The van der Waals surface area contributed by atoms with Crippen molar-refractivity contribution in [3.8, 4) is 22.3 Å². The molecule has 12 rings (SSSR count). The van der Waals surface area contributed by atoms with Gasteiger partial charge in [-0.1, -0.05) is 182 Å². The molecule has 1 aromatic heterocycles. The van der Waals surface area contributed by atoms with Gasteiger partial charge in [0.05, 0.1) is 11.5 Å². The lowest BCUT2D eigenvalue weighted by molar-refractivity contribution is 0.669. The van der Waals surface area contributed by atoms with Crippen LogP contribution in [0.25, 0.3) is 60.5 Å². The lowest BCUT2D eigenvalue weighted by Crippen LogP contribution is -2.30. The van der Waals surface area contributed by atoms with Crippen LogP contribution < -0.4 is 4.90 Å². The molecule has 0 saturated heterocycles. The average Bonchev–Trinajstić information content (AvgIpc) is 3.84. The zero-order valence-electron chi connectivity index (χ0n) is 33.6. The lowest BCUT2D eigenvalue weighted by atomic mass is 9.67. The van der Waals surface area contributed by atoms with Crippen molar-refractivity contribution in [1.82, 2.24) is 0 Å². The molecule has 0 radical (unpaired) electrons. The maximum atomic E-state index is 6.64. The van der Waals surface area contributed by atoms with Crippen molar-refractivity contribution in [2.45, 2.75) is 17.9 Å². The quantitative estimate of drug-likeness (QED) is 0.160. The van der Waals surface area contributed by atoms with Crippen molar-refractivity contribution >= 4 is 49.7 Å².